The maximum Gasteiger partial charge on any atom is 0.294 e. The number of benzene rings is 1. The molecule has 0 fully saturated rings. The van der Waals surface area contributed by atoms with E-state index in [1.807, 2.05) is 6.92 Å². The molecule has 2 N–H and O–H groups in total. The molecular weight excluding hydrogens is 368 g/mol. The summed E-state index contributed by atoms with van der Waals surface area (Å²) in [4.78, 5) is 21.3. The van der Waals surface area contributed by atoms with Crippen LogP contribution in [0.1, 0.15) is 20.8 Å². The fourth-order valence-corrected chi connectivity index (χ4v) is 2.49. The van der Waals surface area contributed by atoms with Crippen LogP contribution >= 0.6 is 11.6 Å². The Labute approximate surface area is 161 Å². The first-order valence-corrected chi connectivity index (χ1v) is 8.82. The Balaban J connectivity index is 1.96. The van der Waals surface area contributed by atoms with Crippen molar-refractivity contribution in [1.29, 1.82) is 0 Å². The van der Waals surface area contributed by atoms with Crippen molar-refractivity contribution in [2.45, 2.75) is 32.4 Å². The molecule has 0 radical (unpaired) electrons. The third kappa shape index (κ3) is 4.20. The summed E-state index contributed by atoms with van der Waals surface area (Å²) in [6.45, 7) is 5.22. The number of anilines is 1. The van der Waals surface area contributed by atoms with Gasteiger partial charge < -0.3 is 15.2 Å². The number of nitrogens with one attached hydrogen (secondary N) is 1. The molecule has 0 amide bonds. The van der Waals surface area contributed by atoms with Gasteiger partial charge in [0, 0.05) is 23.7 Å². The molecule has 0 aliphatic heterocycles. The topological polar surface area (TPSA) is 89.3 Å². The number of ether oxygens (including phenoxy) is 1. The summed E-state index contributed by atoms with van der Waals surface area (Å²) < 4.78 is 7.10. The van der Waals surface area contributed by atoms with Gasteiger partial charge in [-0.2, -0.15) is 4.98 Å². The lowest BCUT2D eigenvalue weighted by Crippen LogP contribution is -2.39. The number of pyridine rings is 1. The number of aromatic nitrogens is 3. The summed E-state index contributed by atoms with van der Waals surface area (Å²) in [5, 5.41) is 14.3. The average Bonchev–Trinajstić information content (AvgIpc) is 2.61. The van der Waals surface area contributed by atoms with E-state index in [-0.39, 0.29) is 17.4 Å². The molecule has 3 aromatic rings. The summed E-state index contributed by atoms with van der Waals surface area (Å²) in [5.41, 5.74) is -0.804. The second-order valence-corrected chi connectivity index (χ2v) is 7.36. The van der Waals surface area contributed by atoms with Gasteiger partial charge in [-0.1, -0.05) is 11.6 Å². The number of hydrogen-bond donors (Lipinski definition) is 2. The summed E-state index contributed by atoms with van der Waals surface area (Å²) in [7, 11) is 1.62. The zero-order chi connectivity index (χ0) is 19.8. The van der Waals surface area contributed by atoms with Gasteiger partial charge in [0.15, 0.2) is 5.75 Å². The number of rotatable bonds is 5. The van der Waals surface area contributed by atoms with E-state index < -0.39 is 5.60 Å². The zero-order valence-corrected chi connectivity index (χ0v) is 16.3. The van der Waals surface area contributed by atoms with Gasteiger partial charge in [-0.05, 0) is 51.1 Å². The van der Waals surface area contributed by atoms with Crippen LogP contribution in [0.25, 0.3) is 11.0 Å². The number of aryl methyl sites for hydroxylation is 1. The number of hydrogen-bond acceptors (Lipinski definition) is 6. The molecule has 0 spiro atoms. The molecular formula is C19H21ClN4O3. The SMILES string of the molecule is CC(Nc1ncc2cc(Oc3ccc(Cl)cc3)c(=O)n(C)c2n1)C(C)(C)O. The zero-order valence-electron chi connectivity index (χ0n) is 15.5. The van der Waals surface area contributed by atoms with Crippen LogP contribution in [0.3, 0.4) is 0 Å². The lowest BCUT2D eigenvalue weighted by molar-refractivity contribution is 0.0646. The van der Waals surface area contributed by atoms with E-state index >= 15 is 0 Å². The van der Waals surface area contributed by atoms with Crippen molar-refractivity contribution in [3.8, 4) is 11.5 Å². The van der Waals surface area contributed by atoms with Crippen LogP contribution in [-0.4, -0.2) is 31.3 Å². The Morgan fingerprint density at radius 1 is 1.30 bits per heavy atom. The second kappa shape index (κ2) is 7.17. The maximum atomic E-state index is 12.6. The van der Waals surface area contributed by atoms with E-state index in [0.717, 1.165) is 0 Å². The van der Waals surface area contributed by atoms with Crippen molar-refractivity contribution >= 4 is 28.6 Å². The van der Waals surface area contributed by atoms with Gasteiger partial charge in [0.2, 0.25) is 5.95 Å². The van der Waals surface area contributed by atoms with Crippen molar-refractivity contribution < 1.29 is 9.84 Å². The van der Waals surface area contributed by atoms with E-state index in [1.165, 1.54) is 4.57 Å². The molecule has 0 bridgehead atoms. The van der Waals surface area contributed by atoms with Crippen molar-refractivity contribution in [2.24, 2.45) is 7.05 Å². The molecule has 0 saturated carbocycles. The molecule has 2 aromatic heterocycles. The highest BCUT2D eigenvalue weighted by Crippen LogP contribution is 2.23. The van der Waals surface area contributed by atoms with Crippen molar-refractivity contribution in [3.63, 3.8) is 0 Å². The standard InChI is InChI=1S/C19H21ClN4O3/c1-11(19(2,3)26)22-18-21-10-12-9-15(17(25)24(4)16(12)23-18)27-14-7-5-13(20)6-8-14/h5-11,26H,1-4H3,(H,21,22,23). The van der Waals surface area contributed by atoms with E-state index in [1.54, 1.807) is 57.4 Å². The lowest BCUT2D eigenvalue weighted by Gasteiger charge is -2.26. The molecule has 3 rings (SSSR count). The number of halogens is 1. The lowest BCUT2D eigenvalue weighted by atomic mass is 10.0. The number of aliphatic hydroxyl groups is 1. The normalized spacial score (nSPS) is 12.8. The Bertz CT molecular complexity index is 1030. The van der Waals surface area contributed by atoms with Gasteiger partial charge in [0.25, 0.3) is 5.56 Å². The largest absolute Gasteiger partial charge is 0.452 e. The summed E-state index contributed by atoms with van der Waals surface area (Å²) >= 11 is 5.87. The smallest absolute Gasteiger partial charge is 0.294 e. The van der Waals surface area contributed by atoms with Crippen LogP contribution in [0.4, 0.5) is 5.95 Å². The Morgan fingerprint density at radius 2 is 1.96 bits per heavy atom. The second-order valence-electron chi connectivity index (χ2n) is 6.92. The first kappa shape index (κ1) is 19.1. The fraction of sp³-hybridized carbons (Fsp3) is 0.316. The highest BCUT2D eigenvalue weighted by molar-refractivity contribution is 6.30. The first-order chi connectivity index (χ1) is 12.6. The minimum absolute atomic E-state index is 0.168. The van der Waals surface area contributed by atoms with E-state index in [2.05, 4.69) is 15.3 Å². The molecule has 27 heavy (non-hydrogen) atoms. The molecule has 7 nitrogen and oxygen atoms in total. The predicted octanol–water partition coefficient (Wildman–Crippen LogP) is 3.35. The van der Waals surface area contributed by atoms with Gasteiger partial charge >= 0.3 is 0 Å². The van der Waals surface area contributed by atoms with Crippen molar-refractivity contribution in [1.82, 2.24) is 14.5 Å². The monoisotopic (exact) mass is 388 g/mol. The molecule has 8 heteroatoms. The third-order valence-corrected chi connectivity index (χ3v) is 4.61. The maximum absolute atomic E-state index is 12.6. The predicted molar refractivity (Wildman–Crippen MR) is 106 cm³/mol. The van der Waals surface area contributed by atoms with E-state index in [9.17, 15) is 9.90 Å². The number of nitrogens with zero attached hydrogens (tertiary/aromatic N) is 3. The van der Waals surface area contributed by atoms with E-state index in [0.29, 0.717) is 27.8 Å². The summed E-state index contributed by atoms with van der Waals surface area (Å²) in [6, 6.07) is 8.08. The highest BCUT2D eigenvalue weighted by atomic mass is 35.5. The van der Waals surface area contributed by atoms with Crippen LogP contribution in [0.5, 0.6) is 11.5 Å². The molecule has 0 aliphatic carbocycles. The third-order valence-electron chi connectivity index (χ3n) is 4.36. The Morgan fingerprint density at radius 3 is 2.59 bits per heavy atom. The fourth-order valence-electron chi connectivity index (χ4n) is 2.36. The van der Waals surface area contributed by atoms with Crippen LogP contribution in [0.2, 0.25) is 5.02 Å². The molecule has 1 atom stereocenters. The molecule has 0 saturated heterocycles. The van der Waals surface area contributed by atoms with E-state index in [4.69, 9.17) is 16.3 Å². The molecule has 0 aliphatic rings. The van der Waals surface area contributed by atoms with Crippen LogP contribution in [0.15, 0.2) is 41.3 Å². The van der Waals surface area contributed by atoms with Gasteiger partial charge in [-0.3, -0.25) is 9.36 Å². The molecule has 2 heterocycles. The highest BCUT2D eigenvalue weighted by Gasteiger charge is 2.23. The molecule has 142 valence electrons. The minimum atomic E-state index is -0.944. The van der Waals surface area contributed by atoms with Crippen molar-refractivity contribution in [3.05, 3.63) is 51.9 Å². The van der Waals surface area contributed by atoms with Crippen LogP contribution in [-0.2, 0) is 7.05 Å². The molecule has 1 aromatic carbocycles. The Kier molecular flexibility index (Phi) is 5.08. The summed E-state index contributed by atoms with van der Waals surface area (Å²) in [5.74, 6) is 1.01. The number of fused-ring (bicyclic) bond motifs is 1. The Hall–Kier alpha value is -2.64. The van der Waals surface area contributed by atoms with Crippen molar-refractivity contribution in [2.75, 3.05) is 5.32 Å². The summed E-state index contributed by atoms with van der Waals surface area (Å²) in [6.07, 6.45) is 1.61. The van der Waals surface area contributed by atoms with Gasteiger partial charge in [0.1, 0.15) is 11.4 Å². The first-order valence-electron chi connectivity index (χ1n) is 8.44. The minimum Gasteiger partial charge on any atom is -0.452 e. The average molecular weight is 389 g/mol. The van der Waals surface area contributed by atoms with Gasteiger partial charge in [-0.15, -0.1) is 0 Å². The quantitative estimate of drug-likeness (QED) is 0.696. The molecule has 1 unspecified atom stereocenters. The van der Waals surface area contributed by atoms with Crippen LogP contribution < -0.4 is 15.6 Å². The van der Waals surface area contributed by atoms with Gasteiger partial charge in [-0.25, -0.2) is 4.98 Å². The van der Waals surface area contributed by atoms with Gasteiger partial charge in [0.05, 0.1) is 11.6 Å². The van der Waals surface area contributed by atoms with Crippen LogP contribution in [0, 0.1) is 0 Å².